The first-order valence-electron chi connectivity index (χ1n) is 6.96. The van der Waals surface area contributed by atoms with Gasteiger partial charge < -0.3 is 5.32 Å². The van der Waals surface area contributed by atoms with Crippen molar-refractivity contribution >= 4 is 31.8 Å². The highest BCUT2D eigenvalue weighted by Crippen LogP contribution is 2.24. The third-order valence-corrected chi connectivity index (χ3v) is 5.11. The van der Waals surface area contributed by atoms with Gasteiger partial charge in [-0.05, 0) is 53.5 Å². The molecule has 1 rings (SSSR count). The van der Waals surface area contributed by atoms with Gasteiger partial charge in [-0.25, -0.2) is 0 Å². The standard InChI is InChI=1S/C14H24BrN3O2S/c1-11(2)16-8-5-9-18(4)21(19,20)17-14-7-6-12(3)10-13(14)15/h6-7,10-11,16-17H,5,8-9H2,1-4H3. The van der Waals surface area contributed by atoms with E-state index in [1.807, 2.05) is 19.1 Å². The highest BCUT2D eigenvalue weighted by Gasteiger charge is 2.18. The molecule has 0 amide bonds. The highest BCUT2D eigenvalue weighted by molar-refractivity contribution is 9.10. The van der Waals surface area contributed by atoms with Crippen molar-refractivity contribution in [1.29, 1.82) is 0 Å². The van der Waals surface area contributed by atoms with E-state index in [1.54, 1.807) is 13.1 Å². The molecule has 120 valence electrons. The molecule has 2 N–H and O–H groups in total. The van der Waals surface area contributed by atoms with Crippen LogP contribution in [0.4, 0.5) is 5.69 Å². The molecule has 0 fully saturated rings. The summed E-state index contributed by atoms with van der Waals surface area (Å²) in [5.41, 5.74) is 1.62. The number of nitrogens with zero attached hydrogens (tertiary/aromatic N) is 1. The second kappa shape index (κ2) is 8.12. The second-order valence-electron chi connectivity index (χ2n) is 5.37. The largest absolute Gasteiger partial charge is 0.314 e. The van der Waals surface area contributed by atoms with Crippen molar-refractivity contribution in [2.75, 3.05) is 24.9 Å². The summed E-state index contributed by atoms with van der Waals surface area (Å²) in [6, 6.07) is 5.92. The Bertz CT molecular complexity index is 561. The highest BCUT2D eigenvalue weighted by atomic mass is 79.9. The molecule has 21 heavy (non-hydrogen) atoms. The van der Waals surface area contributed by atoms with Crippen LogP contribution in [0.15, 0.2) is 22.7 Å². The first-order valence-corrected chi connectivity index (χ1v) is 9.19. The van der Waals surface area contributed by atoms with E-state index in [1.165, 1.54) is 4.31 Å². The van der Waals surface area contributed by atoms with E-state index in [0.29, 0.717) is 18.3 Å². The number of anilines is 1. The summed E-state index contributed by atoms with van der Waals surface area (Å²) < 4.78 is 29.1. The lowest BCUT2D eigenvalue weighted by Gasteiger charge is -2.19. The Balaban J connectivity index is 2.59. The number of halogens is 1. The Morgan fingerprint density at radius 2 is 2.00 bits per heavy atom. The molecule has 0 aliphatic carbocycles. The summed E-state index contributed by atoms with van der Waals surface area (Å²) in [4.78, 5) is 0. The lowest BCUT2D eigenvalue weighted by molar-refractivity contribution is 0.451. The number of nitrogens with one attached hydrogen (secondary N) is 2. The Labute approximate surface area is 136 Å². The zero-order valence-corrected chi connectivity index (χ0v) is 15.4. The molecule has 0 aromatic heterocycles. The first kappa shape index (κ1) is 18.4. The van der Waals surface area contributed by atoms with Crippen molar-refractivity contribution in [2.24, 2.45) is 0 Å². The van der Waals surface area contributed by atoms with Gasteiger partial charge in [0.25, 0.3) is 0 Å². The minimum Gasteiger partial charge on any atom is -0.314 e. The average Bonchev–Trinajstić information content (AvgIpc) is 2.37. The fourth-order valence-corrected chi connectivity index (χ4v) is 3.44. The molecule has 0 aliphatic heterocycles. The van der Waals surface area contributed by atoms with Crippen LogP contribution in [-0.2, 0) is 10.2 Å². The third-order valence-electron chi connectivity index (χ3n) is 2.98. The molecule has 5 nitrogen and oxygen atoms in total. The predicted octanol–water partition coefficient (Wildman–Crippen LogP) is 2.73. The van der Waals surface area contributed by atoms with E-state index in [9.17, 15) is 8.42 Å². The van der Waals surface area contributed by atoms with Gasteiger partial charge in [0.15, 0.2) is 0 Å². The molecule has 0 bridgehead atoms. The van der Waals surface area contributed by atoms with Gasteiger partial charge in [0.05, 0.1) is 5.69 Å². The lowest BCUT2D eigenvalue weighted by Crippen LogP contribution is -2.35. The van der Waals surface area contributed by atoms with Gasteiger partial charge in [-0.3, -0.25) is 4.72 Å². The monoisotopic (exact) mass is 377 g/mol. The molecule has 0 radical (unpaired) electrons. The van der Waals surface area contributed by atoms with Gasteiger partial charge in [-0.2, -0.15) is 12.7 Å². The predicted molar refractivity (Wildman–Crippen MR) is 91.8 cm³/mol. The van der Waals surface area contributed by atoms with Crippen LogP contribution in [0.5, 0.6) is 0 Å². The van der Waals surface area contributed by atoms with Crippen LogP contribution in [0.2, 0.25) is 0 Å². The van der Waals surface area contributed by atoms with Gasteiger partial charge in [0, 0.05) is 24.1 Å². The fraction of sp³-hybridized carbons (Fsp3) is 0.571. The molecule has 1 aromatic carbocycles. The molecule has 1 aromatic rings. The molecule has 0 saturated carbocycles. The first-order chi connectivity index (χ1) is 9.72. The van der Waals surface area contributed by atoms with Crippen LogP contribution in [0.3, 0.4) is 0 Å². The molecule has 0 atom stereocenters. The Kier molecular flexibility index (Phi) is 7.12. The van der Waals surface area contributed by atoms with Gasteiger partial charge >= 0.3 is 10.2 Å². The van der Waals surface area contributed by atoms with Crippen molar-refractivity contribution in [3.05, 3.63) is 28.2 Å². The van der Waals surface area contributed by atoms with Crippen molar-refractivity contribution in [3.8, 4) is 0 Å². The lowest BCUT2D eigenvalue weighted by atomic mass is 10.2. The number of rotatable bonds is 8. The zero-order valence-electron chi connectivity index (χ0n) is 13.0. The van der Waals surface area contributed by atoms with Crippen LogP contribution < -0.4 is 10.0 Å². The number of benzene rings is 1. The van der Waals surface area contributed by atoms with Crippen LogP contribution in [0.25, 0.3) is 0 Å². The zero-order chi connectivity index (χ0) is 16.0. The minimum absolute atomic E-state index is 0.411. The van der Waals surface area contributed by atoms with Crippen LogP contribution >= 0.6 is 15.9 Å². The van der Waals surface area contributed by atoms with Crippen LogP contribution in [0.1, 0.15) is 25.8 Å². The van der Waals surface area contributed by atoms with Crippen LogP contribution in [0, 0.1) is 6.92 Å². The number of aryl methyl sites for hydroxylation is 1. The summed E-state index contributed by atoms with van der Waals surface area (Å²) >= 11 is 3.37. The molecule has 0 spiro atoms. The summed E-state index contributed by atoms with van der Waals surface area (Å²) in [7, 11) is -1.94. The quantitative estimate of drug-likeness (QED) is 0.684. The van der Waals surface area contributed by atoms with Crippen molar-refractivity contribution in [1.82, 2.24) is 9.62 Å². The van der Waals surface area contributed by atoms with Crippen LogP contribution in [-0.4, -0.2) is 38.9 Å². The van der Waals surface area contributed by atoms with Gasteiger partial charge in [0.2, 0.25) is 0 Å². The molecule has 7 heteroatoms. The summed E-state index contributed by atoms with van der Waals surface area (Å²) in [6.07, 6.45) is 0.769. The Morgan fingerprint density at radius 1 is 1.33 bits per heavy atom. The molecule has 0 heterocycles. The Hall–Kier alpha value is -0.630. The van der Waals surface area contributed by atoms with E-state index < -0.39 is 10.2 Å². The van der Waals surface area contributed by atoms with Gasteiger partial charge in [0.1, 0.15) is 0 Å². The van der Waals surface area contributed by atoms with Gasteiger partial charge in [-0.15, -0.1) is 0 Å². The average molecular weight is 378 g/mol. The smallest absolute Gasteiger partial charge is 0.301 e. The fourth-order valence-electron chi connectivity index (χ4n) is 1.73. The topological polar surface area (TPSA) is 61.4 Å². The van der Waals surface area contributed by atoms with E-state index in [2.05, 4.69) is 39.8 Å². The number of hydrogen-bond donors (Lipinski definition) is 2. The summed E-state index contributed by atoms with van der Waals surface area (Å²) in [6.45, 7) is 7.36. The molecule has 0 unspecified atom stereocenters. The third kappa shape index (κ3) is 6.34. The number of hydrogen-bond acceptors (Lipinski definition) is 3. The maximum Gasteiger partial charge on any atom is 0.301 e. The summed E-state index contributed by atoms with van der Waals surface area (Å²) in [5.74, 6) is 0. The van der Waals surface area contributed by atoms with Crippen molar-refractivity contribution in [2.45, 2.75) is 33.2 Å². The van der Waals surface area contributed by atoms with E-state index in [4.69, 9.17) is 0 Å². The van der Waals surface area contributed by atoms with Crippen molar-refractivity contribution < 1.29 is 8.42 Å². The van der Waals surface area contributed by atoms with E-state index in [0.717, 1.165) is 23.0 Å². The Morgan fingerprint density at radius 3 is 2.57 bits per heavy atom. The molecular weight excluding hydrogens is 354 g/mol. The van der Waals surface area contributed by atoms with E-state index >= 15 is 0 Å². The molecular formula is C14H24BrN3O2S. The minimum atomic E-state index is -3.52. The maximum absolute atomic E-state index is 12.2. The molecule has 0 aliphatic rings. The van der Waals surface area contributed by atoms with E-state index in [-0.39, 0.29) is 0 Å². The maximum atomic E-state index is 12.2. The van der Waals surface area contributed by atoms with Crippen molar-refractivity contribution in [3.63, 3.8) is 0 Å². The SMILES string of the molecule is Cc1ccc(NS(=O)(=O)N(C)CCCNC(C)C)c(Br)c1. The van der Waals surface area contributed by atoms with Gasteiger partial charge in [-0.1, -0.05) is 19.9 Å². The normalized spacial score (nSPS) is 12.1. The second-order valence-corrected chi connectivity index (χ2v) is 8.01. The summed E-state index contributed by atoms with van der Waals surface area (Å²) in [5, 5.41) is 3.27. The molecule has 0 saturated heterocycles.